The SMILES string of the molecule is Nc1ccc(S(=O)(=O)N(Cc2ccccc2Br)Cc2cc(N)ccc2Br)cc1. The summed E-state index contributed by atoms with van der Waals surface area (Å²) >= 11 is 6.99. The fourth-order valence-electron chi connectivity index (χ4n) is 2.74. The Morgan fingerprint density at radius 2 is 1.32 bits per heavy atom. The van der Waals surface area contributed by atoms with Crippen LogP contribution in [0.25, 0.3) is 0 Å². The average molecular weight is 525 g/mol. The van der Waals surface area contributed by atoms with Crippen molar-refractivity contribution in [1.82, 2.24) is 4.31 Å². The molecule has 3 rings (SSSR count). The standard InChI is InChI=1S/C20H19Br2N3O2S/c21-19-4-2-1-3-14(19)12-25(13-15-11-17(24)7-10-20(15)22)28(26,27)18-8-5-16(23)6-9-18/h1-11H,12-13,23-24H2. The molecule has 0 fully saturated rings. The molecule has 5 nitrogen and oxygen atoms in total. The number of halogens is 2. The van der Waals surface area contributed by atoms with Crippen LogP contribution in [0.2, 0.25) is 0 Å². The van der Waals surface area contributed by atoms with Crippen LogP contribution in [0.4, 0.5) is 11.4 Å². The minimum absolute atomic E-state index is 0.166. The van der Waals surface area contributed by atoms with Gasteiger partial charge in [0.2, 0.25) is 10.0 Å². The lowest BCUT2D eigenvalue weighted by molar-refractivity contribution is 0.400. The summed E-state index contributed by atoms with van der Waals surface area (Å²) in [6, 6.07) is 19.1. The number of nitrogen functional groups attached to an aromatic ring is 2. The van der Waals surface area contributed by atoms with Gasteiger partial charge in [-0.2, -0.15) is 4.31 Å². The molecule has 8 heteroatoms. The maximum absolute atomic E-state index is 13.4. The van der Waals surface area contributed by atoms with Gasteiger partial charge in [0.1, 0.15) is 0 Å². The molecule has 0 heterocycles. The Labute approximate surface area is 181 Å². The Kier molecular flexibility index (Phi) is 6.44. The van der Waals surface area contributed by atoms with E-state index in [0.717, 1.165) is 20.1 Å². The summed E-state index contributed by atoms with van der Waals surface area (Å²) in [5.41, 5.74) is 14.3. The lowest BCUT2D eigenvalue weighted by Crippen LogP contribution is -2.30. The first-order valence-corrected chi connectivity index (χ1v) is 11.4. The molecule has 0 bridgehead atoms. The second-order valence-corrected chi connectivity index (χ2v) is 9.93. The van der Waals surface area contributed by atoms with Gasteiger partial charge in [-0.15, -0.1) is 0 Å². The molecular formula is C20H19Br2N3O2S. The molecule has 0 atom stereocenters. The third-order valence-corrected chi connectivity index (χ3v) is 7.59. The molecular weight excluding hydrogens is 506 g/mol. The van der Waals surface area contributed by atoms with Gasteiger partial charge in [-0.05, 0) is 59.7 Å². The van der Waals surface area contributed by atoms with Gasteiger partial charge in [-0.1, -0.05) is 50.1 Å². The van der Waals surface area contributed by atoms with Crippen LogP contribution in [0.1, 0.15) is 11.1 Å². The number of nitrogens with two attached hydrogens (primary N) is 2. The Morgan fingerprint density at radius 1 is 0.750 bits per heavy atom. The van der Waals surface area contributed by atoms with Crippen molar-refractivity contribution in [2.24, 2.45) is 0 Å². The van der Waals surface area contributed by atoms with Gasteiger partial charge in [-0.3, -0.25) is 0 Å². The molecule has 3 aromatic rings. The number of hydrogen-bond donors (Lipinski definition) is 2. The largest absolute Gasteiger partial charge is 0.399 e. The van der Waals surface area contributed by atoms with E-state index >= 15 is 0 Å². The molecule has 146 valence electrons. The topological polar surface area (TPSA) is 89.4 Å². The normalized spacial score (nSPS) is 11.7. The summed E-state index contributed by atoms with van der Waals surface area (Å²) in [5, 5.41) is 0. The molecule has 0 saturated heterocycles. The van der Waals surface area contributed by atoms with E-state index < -0.39 is 10.0 Å². The predicted octanol–water partition coefficient (Wildman–Crippen LogP) is 4.77. The number of anilines is 2. The van der Waals surface area contributed by atoms with Gasteiger partial charge in [0.25, 0.3) is 0 Å². The van der Waals surface area contributed by atoms with Crippen LogP contribution in [-0.2, 0) is 23.1 Å². The summed E-state index contributed by atoms with van der Waals surface area (Å²) in [4.78, 5) is 0.189. The highest BCUT2D eigenvalue weighted by molar-refractivity contribution is 9.10. The van der Waals surface area contributed by atoms with E-state index in [1.807, 2.05) is 30.3 Å². The zero-order valence-electron chi connectivity index (χ0n) is 14.8. The highest BCUT2D eigenvalue weighted by atomic mass is 79.9. The molecule has 0 aliphatic heterocycles. The first kappa shape index (κ1) is 20.9. The quantitative estimate of drug-likeness (QED) is 0.454. The summed E-state index contributed by atoms with van der Waals surface area (Å²) in [6.07, 6.45) is 0. The van der Waals surface area contributed by atoms with E-state index in [4.69, 9.17) is 11.5 Å². The van der Waals surface area contributed by atoms with Crippen molar-refractivity contribution in [2.45, 2.75) is 18.0 Å². The molecule has 0 spiro atoms. The van der Waals surface area contributed by atoms with E-state index in [1.54, 1.807) is 24.3 Å². The van der Waals surface area contributed by atoms with Gasteiger partial charge in [0.15, 0.2) is 0 Å². The Hall–Kier alpha value is -1.87. The van der Waals surface area contributed by atoms with Gasteiger partial charge in [-0.25, -0.2) is 8.42 Å². The Bertz CT molecular complexity index is 1090. The minimum atomic E-state index is -3.77. The fraction of sp³-hybridized carbons (Fsp3) is 0.100. The Morgan fingerprint density at radius 3 is 2.00 bits per heavy atom. The van der Waals surface area contributed by atoms with Crippen LogP contribution in [0.15, 0.2) is 80.6 Å². The number of benzene rings is 3. The molecule has 0 aliphatic rings. The third-order valence-electron chi connectivity index (χ3n) is 4.24. The van der Waals surface area contributed by atoms with Crippen LogP contribution < -0.4 is 11.5 Å². The first-order valence-electron chi connectivity index (χ1n) is 8.40. The zero-order chi connectivity index (χ0) is 20.3. The summed E-state index contributed by atoms with van der Waals surface area (Å²) < 4.78 is 29.8. The number of sulfonamides is 1. The van der Waals surface area contributed by atoms with Gasteiger partial charge in [0, 0.05) is 33.4 Å². The van der Waals surface area contributed by atoms with Gasteiger partial charge >= 0.3 is 0 Å². The summed E-state index contributed by atoms with van der Waals surface area (Å²) in [5.74, 6) is 0. The second kappa shape index (κ2) is 8.65. The lowest BCUT2D eigenvalue weighted by atomic mass is 10.2. The van der Waals surface area contributed by atoms with E-state index in [1.165, 1.54) is 16.4 Å². The molecule has 0 aliphatic carbocycles. The van der Waals surface area contributed by atoms with E-state index in [9.17, 15) is 8.42 Å². The Balaban J connectivity index is 2.04. The molecule has 3 aromatic carbocycles. The van der Waals surface area contributed by atoms with Crippen LogP contribution >= 0.6 is 31.9 Å². The van der Waals surface area contributed by atoms with Crippen molar-refractivity contribution in [3.8, 4) is 0 Å². The van der Waals surface area contributed by atoms with E-state index in [-0.39, 0.29) is 18.0 Å². The maximum Gasteiger partial charge on any atom is 0.243 e. The molecule has 0 amide bonds. The lowest BCUT2D eigenvalue weighted by Gasteiger charge is -2.24. The first-order chi connectivity index (χ1) is 13.3. The number of nitrogens with zero attached hydrogens (tertiary/aromatic N) is 1. The van der Waals surface area contributed by atoms with Crippen LogP contribution in [0.5, 0.6) is 0 Å². The summed E-state index contributed by atoms with van der Waals surface area (Å²) in [6.45, 7) is 0.370. The molecule has 0 aromatic heterocycles. The molecule has 0 unspecified atom stereocenters. The van der Waals surface area contributed by atoms with Crippen molar-refractivity contribution in [3.63, 3.8) is 0 Å². The second-order valence-electron chi connectivity index (χ2n) is 6.28. The highest BCUT2D eigenvalue weighted by Gasteiger charge is 2.26. The predicted molar refractivity (Wildman–Crippen MR) is 120 cm³/mol. The van der Waals surface area contributed by atoms with E-state index in [2.05, 4.69) is 31.9 Å². The van der Waals surface area contributed by atoms with Crippen molar-refractivity contribution in [1.29, 1.82) is 0 Å². The molecule has 0 radical (unpaired) electrons. The van der Waals surface area contributed by atoms with E-state index in [0.29, 0.717) is 11.4 Å². The number of hydrogen-bond acceptors (Lipinski definition) is 4. The average Bonchev–Trinajstić information content (AvgIpc) is 2.66. The highest BCUT2D eigenvalue weighted by Crippen LogP contribution is 2.28. The fourth-order valence-corrected chi connectivity index (χ4v) is 4.92. The van der Waals surface area contributed by atoms with Crippen molar-refractivity contribution >= 4 is 53.3 Å². The van der Waals surface area contributed by atoms with Crippen LogP contribution in [0.3, 0.4) is 0 Å². The molecule has 0 saturated carbocycles. The monoisotopic (exact) mass is 523 g/mol. The van der Waals surface area contributed by atoms with Crippen molar-refractivity contribution in [2.75, 3.05) is 11.5 Å². The zero-order valence-corrected chi connectivity index (χ0v) is 18.8. The third kappa shape index (κ3) is 4.75. The molecule has 4 N–H and O–H groups in total. The van der Waals surface area contributed by atoms with Crippen LogP contribution in [0, 0.1) is 0 Å². The minimum Gasteiger partial charge on any atom is -0.399 e. The smallest absolute Gasteiger partial charge is 0.243 e. The van der Waals surface area contributed by atoms with Gasteiger partial charge < -0.3 is 11.5 Å². The van der Waals surface area contributed by atoms with Gasteiger partial charge in [0.05, 0.1) is 4.90 Å². The van der Waals surface area contributed by atoms with Crippen LogP contribution in [-0.4, -0.2) is 12.7 Å². The molecule has 28 heavy (non-hydrogen) atoms. The summed E-state index contributed by atoms with van der Waals surface area (Å²) in [7, 11) is -3.77. The van der Waals surface area contributed by atoms with Crippen molar-refractivity contribution < 1.29 is 8.42 Å². The van der Waals surface area contributed by atoms with Crippen molar-refractivity contribution in [3.05, 3.63) is 86.8 Å². The number of rotatable bonds is 6. The maximum atomic E-state index is 13.4.